The summed E-state index contributed by atoms with van der Waals surface area (Å²) in [6.45, 7) is 8.15. The van der Waals surface area contributed by atoms with Crippen LogP contribution < -0.4 is 15.4 Å². The highest BCUT2D eigenvalue weighted by molar-refractivity contribution is 14.0. The first-order valence-corrected chi connectivity index (χ1v) is 10.3. The molecule has 3 rings (SSSR count). The molecular weight excluding hydrogens is 491 g/mol. The number of hydrogen-bond donors (Lipinski definition) is 2. The van der Waals surface area contributed by atoms with Gasteiger partial charge >= 0.3 is 0 Å². The molecular formula is C23H33IN4O2. The van der Waals surface area contributed by atoms with Crippen LogP contribution >= 0.6 is 24.0 Å². The average Bonchev–Trinajstić information content (AvgIpc) is 3.46. The van der Waals surface area contributed by atoms with E-state index in [4.69, 9.17) is 14.1 Å². The Hall–Kier alpha value is -2.00. The molecule has 30 heavy (non-hydrogen) atoms. The van der Waals surface area contributed by atoms with Gasteiger partial charge in [0.25, 0.3) is 0 Å². The molecule has 2 aromatic rings. The van der Waals surface area contributed by atoms with Crippen LogP contribution in [0.1, 0.15) is 30.2 Å². The minimum Gasteiger partial charge on any atom is -0.497 e. The van der Waals surface area contributed by atoms with Crippen LogP contribution in [0.2, 0.25) is 0 Å². The van der Waals surface area contributed by atoms with Gasteiger partial charge in [0.2, 0.25) is 0 Å². The fraction of sp³-hybridized carbons (Fsp3) is 0.435. The molecule has 2 heterocycles. The molecule has 164 valence electrons. The van der Waals surface area contributed by atoms with E-state index in [0.29, 0.717) is 13.1 Å². The Kier molecular flexibility index (Phi) is 10.8. The van der Waals surface area contributed by atoms with Crippen LogP contribution in [0.15, 0.2) is 64.7 Å². The molecule has 6 nitrogen and oxygen atoms in total. The van der Waals surface area contributed by atoms with Gasteiger partial charge in [-0.3, -0.25) is 9.89 Å². The Labute approximate surface area is 196 Å². The van der Waals surface area contributed by atoms with Crippen molar-refractivity contribution in [1.29, 1.82) is 0 Å². The highest BCUT2D eigenvalue weighted by Crippen LogP contribution is 2.27. The Morgan fingerprint density at radius 3 is 2.63 bits per heavy atom. The molecule has 1 aliphatic rings. The number of nitrogens with zero attached hydrogens (tertiary/aromatic N) is 2. The van der Waals surface area contributed by atoms with Crippen LogP contribution in [0.5, 0.6) is 5.75 Å². The van der Waals surface area contributed by atoms with E-state index in [2.05, 4.69) is 34.2 Å². The molecule has 1 aromatic heterocycles. The van der Waals surface area contributed by atoms with E-state index in [0.717, 1.165) is 43.5 Å². The maximum absolute atomic E-state index is 5.41. The van der Waals surface area contributed by atoms with Crippen molar-refractivity contribution in [3.63, 3.8) is 0 Å². The number of rotatable bonds is 10. The molecule has 0 spiro atoms. The molecule has 1 aliphatic heterocycles. The minimum absolute atomic E-state index is 0. The molecule has 2 N–H and O–H groups in total. The van der Waals surface area contributed by atoms with Crippen LogP contribution in [0.25, 0.3) is 0 Å². The van der Waals surface area contributed by atoms with E-state index in [9.17, 15) is 0 Å². The van der Waals surface area contributed by atoms with Gasteiger partial charge in [0.1, 0.15) is 11.5 Å². The third-order valence-electron chi connectivity index (χ3n) is 5.16. The van der Waals surface area contributed by atoms with Crippen molar-refractivity contribution in [1.82, 2.24) is 15.5 Å². The number of ether oxygens (including phenoxy) is 1. The number of benzene rings is 1. The number of likely N-dealkylation sites (tertiary alicyclic amines) is 1. The summed E-state index contributed by atoms with van der Waals surface area (Å²) in [6, 6.07) is 12.5. The molecule has 1 aromatic carbocycles. The third-order valence-corrected chi connectivity index (χ3v) is 5.16. The lowest BCUT2D eigenvalue weighted by atomic mass is 10.1. The maximum Gasteiger partial charge on any atom is 0.191 e. The molecule has 7 heteroatoms. The highest BCUT2D eigenvalue weighted by Gasteiger charge is 2.23. The lowest BCUT2D eigenvalue weighted by Crippen LogP contribution is -2.39. The molecule has 0 bridgehead atoms. The van der Waals surface area contributed by atoms with Crippen molar-refractivity contribution in [2.24, 2.45) is 4.99 Å². The smallest absolute Gasteiger partial charge is 0.191 e. The van der Waals surface area contributed by atoms with E-state index in [1.54, 1.807) is 13.4 Å². The standard InChI is InChI=1S/C23H32N4O2.HI/c1-3-13-24-23(25-14-12-21-7-6-17-29-21)26-18-22(27-15-4-5-16-27)19-8-10-20(28-2)11-9-19;/h3,6-11,17,22H,1,4-5,12-16,18H2,2H3,(H2,24,25,26);1H. The van der Waals surface area contributed by atoms with E-state index < -0.39 is 0 Å². The SMILES string of the molecule is C=CCNC(=NCC(c1ccc(OC)cc1)N1CCCC1)NCCc1ccco1.I. The van der Waals surface area contributed by atoms with E-state index in [1.807, 2.05) is 30.3 Å². The molecule has 0 aliphatic carbocycles. The van der Waals surface area contributed by atoms with Crippen LogP contribution in [0.4, 0.5) is 0 Å². The van der Waals surface area contributed by atoms with Crippen molar-refractivity contribution in [2.75, 3.05) is 39.8 Å². The summed E-state index contributed by atoms with van der Waals surface area (Å²) in [7, 11) is 1.70. The van der Waals surface area contributed by atoms with Crippen LogP contribution in [-0.2, 0) is 6.42 Å². The quantitative estimate of drug-likeness (QED) is 0.213. The van der Waals surface area contributed by atoms with Gasteiger partial charge in [-0.25, -0.2) is 0 Å². The van der Waals surface area contributed by atoms with Crippen LogP contribution in [0, 0.1) is 0 Å². The summed E-state index contributed by atoms with van der Waals surface area (Å²) in [4.78, 5) is 7.41. The topological polar surface area (TPSA) is 62.0 Å². The summed E-state index contributed by atoms with van der Waals surface area (Å²) >= 11 is 0. The maximum atomic E-state index is 5.41. The summed E-state index contributed by atoms with van der Waals surface area (Å²) < 4.78 is 10.7. The van der Waals surface area contributed by atoms with Crippen LogP contribution in [-0.4, -0.2) is 50.7 Å². The van der Waals surface area contributed by atoms with Gasteiger partial charge < -0.3 is 19.8 Å². The van der Waals surface area contributed by atoms with Crippen molar-refractivity contribution in [2.45, 2.75) is 25.3 Å². The van der Waals surface area contributed by atoms with Gasteiger partial charge in [0.15, 0.2) is 5.96 Å². The Bertz CT molecular complexity index is 756. The first-order valence-electron chi connectivity index (χ1n) is 10.3. The third kappa shape index (κ3) is 7.36. The molecule has 1 saturated heterocycles. The monoisotopic (exact) mass is 524 g/mol. The first kappa shape index (κ1) is 24.3. The number of furan rings is 1. The summed E-state index contributed by atoms with van der Waals surface area (Å²) in [5.74, 6) is 2.65. The zero-order chi connectivity index (χ0) is 20.3. The fourth-order valence-electron chi connectivity index (χ4n) is 3.59. The zero-order valence-corrected chi connectivity index (χ0v) is 20.0. The molecule has 0 radical (unpaired) electrons. The zero-order valence-electron chi connectivity index (χ0n) is 17.7. The van der Waals surface area contributed by atoms with Crippen LogP contribution in [0.3, 0.4) is 0 Å². The number of halogens is 1. The molecule has 1 fully saturated rings. The van der Waals surface area contributed by atoms with Crippen molar-refractivity contribution < 1.29 is 9.15 Å². The lowest BCUT2D eigenvalue weighted by molar-refractivity contribution is 0.251. The second-order valence-corrected chi connectivity index (χ2v) is 7.15. The predicted molar refractivity (Wildman–Crippen MR) is 133 cm³/mol. The van der Waals surface area contributed by atoms with E-state index >= 15 is 0 Å². The lowest BCUT2D eigenvalue weighted by Gasteiger charge is -2.27. The van der Waals surface area contributed by atoms with E-state index in [-0.39, 0.29) is 30.0 Å². The predicted octanol–water partition coefficient (Wildman–Crippen LogP) is 4.01. The average molecular weight is 524 g/mol. The first-order chi connectivity index (χ1) is 14.3. The largest absolute Gasteiger partial charge is 0.497 e. The van der Waals surface area contributed by atoms with Crippen molar-refractivity contribution in [3.05, 3.63) is 66.6 Å². The Balaban J connectivity index is 0.00000320. The van der Waals surface area contributed by atoms with Crippen molar-refractivity contribution >= 4 is 29.9 Å². The Morgan fingerprint density at radius 2 is 2.00 bits per heavy atom. The Morgan fingerprint density at radius 1 is 1.23 bits per heavy atom. The molecule has 1 unspecified atom stereocenters. The number of aliphatic imine (C=N–C) groups is 1. The summed E-state index contributed by atoms with van der Waals surface area (Å²) in [5.41, 5.74) is 1.27. The van der Waals surface area contributed by atoms with Crippen molar-refractivity contribution in [3.8, 4) is 5.75 Å². The number of hydrogen-bond acceptors (Lipinski definition) is 4. The second-order valence-electron chi connectivity index (χ2n) is 7.15. The number of nitrogens with one attached hydrogen (secondary N) is 2. The van der Waals surface area contributed by atoms with Gasteiger partial charge in [0, 0.05) is 19.5 Å². The normalized spacial score (nSPS) is 15.3. The highest BCUT2D eigenvalue weighted by atomic mass is 127. The number of guanidine groups is 1. The van der Waals surface area contributed by atoms with Gasteiger partial charge in [-0.2, -0.15) is 0 Å². The van der Waals surface area contributed by atoms with Gasteiger partial charge in [-0.05, 0) is 55.8 Å². The number of methoxy groups -OCH3 is 1. The minimum atomic E-state index is 0. The molecule has 0 saturated carbocycles. The van der Waals surface area contributed by atoms with Gasteiger partial charge in [-0.1, -0.05) is 18.2 Å². The summed E-state index contributed by atoms with van der Waals surface area (Å²) in [5, 5.41) is 6.72. The second kappa shape index (κ2) is 13.3. The summed E-state index contributed by atoms with van der Waals surface area (Å²) in [6.07, 6.45) is 6.86. The fourth-order valence-corrected chi connectivity index (χ4v) is 3.59. The molecule has 0 amide bonds. The van der Waals surface area contributed by atoms with E-state index in [1.165, 1.54) is 18.4 Å². The molecule has 1 atom stereocenters. The van der Waals surface area contributed by atoms with Gasteiger partial charge in [-0.15, -0.1) is 30.6 Å². The van der Waals surface area contributed by atoms with Gasteiger partial charge in [0.05, 0.1) is 26.0 Å².